The number of urea groups is 1. The molecule has 3 heterocycles. The maximum absolute atomic E-state index is 12.6. The van der Waals surface area contributed by atoms with Gasteiger partial charge in [0, 0.05) is 36.4 Å². The van der Waals surface area contributed by atoms with Gasteiger partial charge in [-0.3, -0.25) is 9.69 Å². The van der Waals surface area contributed by atoms with Crippen LogP contribution in [0.1, 0.15) is 50.7 Å². The summed E-state index contributed by atoms with van der Waals surface area (Å²) in [5.41, 5.74) is 1.31. The molecule has 0 radical (unpaired) electrons. The number of amides is 3. The van der Waals surface area contributed by atoms with Crippen LogP contribution in [0.3, 0.4) is 0 Å². The van der Waals surface area contributed by atoms with Crippen LogP contribution in [0.4, 0.5) is 10.6 Å². The lowest BCUT2D eigenvalue weighted by Gasteiger charge is -2.22. The zero-order valence-corrected chi connectivity index (χ0v) is 16.2. The van der Waals surface area contributed by atoms with E-state index in [4.69, 9.17) is 0 Å². The van der Waals surface area contributed by atoms with Crippen LogP contribution in [-0.2, 0) is 0 Å². The summed E-state index contributed by atoms with van der Waals surface area (Å²) < 4.78 is 1.63. The summed E-state index contributed by atoms with van der Waals surface area (Å²) in [6, 6.07) is 1.91. The highest BCUT2D eigenvalue weighted by Crippen LogP contribution is 2.23. The summed E-state index contributed by atoms with van der Waals surface area (Å²) in [5, 5.41) is 7.21. The Labute approximate surface area is 153 Å². The number of hydrogen-bond acceptors (Lipinski definition) is 4. The van der Waals surface area contributed by atoms with Crippen LogP contribution in [0.15, 0.2) is 12.3 Å². The van der Waals surface area contributed by atoms with Crippen LogP contribution in [0, 0.1) is 6.92 Å². The highest BCUT2D eigenvalue weighted by Gasteiger charge is 2.32. The second-order valence-corrected chi connectivity index (χ2v) is 7.97. The van der Waals surface area contributed by atoms with Crippen molar-refractivity contribution in [1.29, 1.82) is 0 Å². The fraction of sp³-hybridized carbons (Fsp3) is 0.556. The molecular formula is C18H26N6O2. The van der Waals surface area contributed by atoms with Crippen molar-refractivity contribution in [3.63, 3.8) is 0 Å². The molecule has 2 aromatic heterocycles. The maximum atomic E-state index is 12.6. The Hall–Kier alpha value is -2.64. The van der Waals surface area contributed by atoms with Crippen molar-refractivity contribution in [3.8, 4) is 0 Å². The second-order valence-electron chi connectivity index (χ2n) is 7.97. The number of carbonyl (C=O) groups is 2. The molecule has 1 fully saturated rings. The number of carbonyl (C=O) groups excluding carboxylic acids is 2. The number of nitrogens with zero attached hydrogens (tertiary/aromatic N) is 5. The first-order valence-corrected chi connectivity index (χ1v) is 8.84. The highest BCUT2D eigenvalue weighted by molar-refractivity contribution is 6.00. The van der Waals surface area contributed by atoms with E-state index in [1.54, 1.807) is 9.42 Å². The third-order valence-corrected chi connectivity index (χ3v) is 4.31. The highest BCUT2D eigenvalue weighted by atomic mass is 16.2. The minimum absolute atomic E-state index is 0.0588. The molecular weight excluding hydrogens is 332 g/mol. The van der Waals surface area contributed by atoms with Crippen molar-refractivity contribution < 1.29 is 9.59 Å². The van der Waals surface area contributed by atoms with Gasteiger partial charge in [0.1, 0.15) is 11.4 Å². The molecule has 0 unspecified atom stereocenters. The molecule has 0 saturated carbocycles. The number of aryl methyl sites for hydroxylation is 1. The topological polar surface area (TPSA) is 82.8 Å². The molecule has 140 valence electrons. The van der Waals surface area contributed by atoms with E-state index in [1.807, 2.05) is 52.5 Å². The first-order chi connectivity index (χ1) is 12.1. The van der Waals surface area contributed by atoms with Gasteiger partial charge in [-0.1, -0.05) is 0 Å². The largest absolute Gasteiger partial charge is 0.347 e. The minimum atomic E-state index is -0.360. The van der Waals surface area contributed by atoms with Gasteiger partial charge in [0.15, 0.2) is 5.65 Å². The van der Waals surface area contributed by atoms with E-state index < -0.39 is 0 Å². The van der Waals surface area contributed by atoms with Crippen LogP contribution in [0.5, 0.6) is 0 Å². The first-order valence-electron chi connectivity index (χ1n) is 8.84. The lowest BCUT2D eigenvalue weighted by Crippen LogP contribution is -2.40. The number of anilines is 1. The standard InChI is InChI=1S/C18H26N6O2/c1-11(2)22-7-8-23(17(22)26)14-9-12(3)24-15(20-14)13(10-19-24)16(25)21-18(4,5)6/h9-11H,7-8H2,1-6H3,(H,21,25). The van der Waals surface area contributed by atoms with E-state index in [9.17, 15) is 9.59 Å². The fourth-order valence-electron chi connectivity index (χ4n) is 3.05. The van der Waals surface area contributed by atoms with Crippen molar-refractivity contribution in [3.05, 3.63) is 23.5 Å². The molecule has 0 spiro atoms. The third kappa shape index (κ3) is 3.23. The zero-order valence-electron chi connectivity index (χ0n) is 16.2. The second kappa shape index (κ2) is 6.26. The van der Waals surface area contributed by atoms with Gasteiger partial charge >= 0.3 is 6.03 Å². The van der Waals surface area contributed by atoms with Gasteiger partial charge < -0.3 is 10.2 Å². The quantitative estimate of drug-likeness (QED) is 0.912. The van der Waals surface area contributed by atoms with Crippen LogP contribution >= 0.6 is 0 Å². The number of nitrogens with one attached hydrogen (secondary N) is 1. The number of aromatic nitrogens is 3. The molecule has 0 aromatic carbocycles. The summed E-state index contributed by atoms with van der Waals surface area (Å²) in [7, 11) is 0. The van der Waals surface area contributed by atoms with Crippen molar-refractivity contribution >= 4 is 23.4 Å². The molecule has 1 N–H and O–H groups in total. The average molecular weight is 358 g/mol. The van der Waals surface area contributed by atoms with Crippen molar-refractivity contribution in [1.82, 2.24) is 24.8 Å². The number of fused-ring (bicyclic) bond motifs is 1. The maximum Gasteiger partial charge on any atom is 0.326 e. The molecule has 26 heavy (non-hydrogen) atoms. The molecule has 2 aromatic rings. The van der Waals surface area contributed by atoms with Gasteiger partial charge in [0.2, 0.25) is 0 Å². The summed E-state index contributed by atoms with van der Waals surface area (Å²) in [6.07, 6.45) is 1.52. The molecule has 0 aliphatic carbocycles. The van der Waals surface area contributed by atoms with Crippen LogP contribution in [-0.4, -0.2) is 56.1 Å². The van der Waals surface area contributed by atoms with Crippen molar-refractivity contribution in [2.75, 3.05) is 18.0 Å². The van der Waals surface area contributed by atoms with E-state index in [-0.39, 0.29) is 23.5 Å². The number of rotatable bonds is 3. The Morgan fingerprint density at radius 1 is 1.27 bits per heavy atom. The van der Waals surface area contributed by atoms with Gasteiger partial charge in [0.05, 0.1) is 6.20 Å². The molecule has 1 saturated heterocycles. The Kier molecular flexibility index (Phi) is 4.37. The first kappa shape index (κ1) is 18.2. The minimum Gasteiger partial charge on any atom is -0.347 e. The summed E-state index contributed by atoms with van der Waals surface area (Å²) in [4.78, 5) is 33.3. The molecule has 1 aliphatic rings. The zero-order chi connectivity index (χ0) is 19.2. The van der Waals surface area contributed by atoms with E-state index in [2.05, 4.69) is 15.4 Å². The predicted octanol–water partition coefficient (Wildman–Crippen LogP) is 2.22. The van der Waals surface area contributed by atoms with Gasteiger partial charge in [-0.2, -0.15) is 5.10 Å². The summed E-state index contributed by atoms with van der Waals surface area (Å²) in [5.74, 6) is 0.321. The molecule has 1 aliphatic heterocycles. The average Bonchev–Trinajstić information content (AvgIpc) is 3.09. The molecule has 3 amide bonds. The summed E-state index contributed by atoms with van der Waals surface area (Å²) >= 11 is 0. The van der Waals surface area contributed by atoms with Crippen LogP contribution < -0.4 is 10.2 Å². The lowest BCUT2D eigenvalue weighted by molar-refractivity contribution is 0.0921. The van der Waals surface area contributed by atoms with Gasteiger partial charge in [-0.05, 0) is 41.5 Å². The summed E-state index contributed by atoms with van der Waals surface area (Å²) in [6.45, 7) is 12.9. The monoisotopic (exact) mass is 358 g/mol. The Morgan fingerprint density at radius 3 is 2.54 bits per heavy atom. The molecule has 0 bridgehead atoms. The van der Waals surface area contributed by atoms with Gasteiger partial charge in [0.25, 0.3) is 5.91 Å². The normalized spacial score (nSPS) is 15.4. The fourth-order valence-corrected chi connectivity index (χ4v) is 3.05. The van der Waals surface area contributed by atoms with Crippen molar-refractivity contribution in [2.45, 2.75) is 53.1 Å². The SMILES string of the molecule is Cc1cc(N2CCN(C(C)C)C2=O)nc2c(C(=O)NC(C)(C)C)cnn12. The lowest BCUT2D eigenvalue weighted by atomic mass is 10.1. The van der Waals surface area contributed by atoms with Crippen molar-refractivity contribution in [2.24, 2.45) is 0 Å². The Balaban J connectivity index is 2.01. The van der Waals surface area contributed by atoms with Gasteiger partial charge in [-0.15, -0.1) is 0 Å². The van der Waals surface area contributed by atoms with Crippen LogP contribution in [0.25, 0.3) is 5.65 Å². The van der Waals surface area contributed by atoms with E-state index in [1.165, 1.54) is 6.20 Å². The molecule has 8 heteroatoms. The Bertz CT molecular complexity index is 864. The molecule has 8 nitrogen and oxygen atoms in total. The van der Waals surface area contributed by atoms with Crippen LogP contribution in [0.2, 0.25) is 0 Å². The molecule has 3 rings (SSSR count). The van der Waals surface area contributed by atoms with Gasteiger partial charge in [-0.25, -0.2) is 14.3 Å². The number of hydrogen-bond donors (Lipinski definition) is 1. The Morgan fingerprint density at radius 2 is 1.96 bits per heavy atom. The van der Waals surface area contributed by atoms with E-state index in [0.717, 1.165) is 5.69 Å². The van der Waals surface area contributed by atoms with E-state index >= 15 is 0 Å². The molecule has 0 atom stereocenters. The predicted molar refractivity (Wildman–Crippen MR) is 99.5 cm³/mol. The van der Waals surface area contributed by atoms with E-state index in [0.29, 0.717) is 30.1 Å². The smallest absolute Gasteiger partial charge is 0.326 e. The third-order valence-electron chi connectivity index (χ3n) is 4.31.